The highest BCUT2D eigenvalue weighted by Crippen LogP contribution is 2.44. The number of nitrogens with zero attached hydrogens (tertiary/aromatic N) is 2. The number of carbonyl (C=O) groups excluding carboxylic acids is 2. The lowest BCUT2D eigenvalue weighted by molar-refractivity contribution is -0.131. The van der Waals surface area contributed by atoms with Crippen LogP contribution in [-0.4, -0.2) is 57.7 Å². The van der Waals surface area contributed by atoms with Crippen molar-refractivity contribution < 1.29 is 18.7 Å². The zero-order chi connectivity index (χ0) is 18.1. The van der Waals surface area contributed by atoms with E-state index in [1.54, 1.807) is 22.9 Å². The van der Waals surface area contributed by atoms with Gasteiger partial charge in [0, 0.05) is 26.1 Å². The summed E-state index contributed by atoms with van der Waals surface area (Å²) in [4.78, 5) is 28.2. The number of hydrogen-bond donors (Lipinski definition) is 0. The zero-order valence-electron chi connectivity index (χ0n) is 15.1. The number of rotatable bonds is 3. The largest absolute Gasteiger partial charge is 0.469 e. The minimum Gasteiger partial charge on any atom is -0.469 e. The standard InChI is InChI=1S/C18H26N2O4S/c1-17(2,3)24-16(22)19-10-7-18(8-11-19)20(15(21)13-25-18)9-6-14-5-4-12-23-14/h4-5,12H,6-11,13H2,1-3H3. The van der Waals surface area contributed by atoms with E-state index >= 15 is 0 Å². The first-order chi connectivity index (χ1) is 11.8. The molecule has 0 aliphatic carbocycles. The van der Waals surface area contributed by atoms with Crippen molar-refractivity contribution in [2.24, 2.45) is 0 Å². The molecule has 2 amide bonds. The summed E-state index contributed by atoms with van der Waals surface area (Å²) >= 11 is 1.71. The molecule has 2 aliphatic rings. The van der Waals surface area contributed by atoms with Gasteiger partial charge >= 0.3 is 6.09 Å². The molecule has 1 aromatic heterocycles. The van der Waals surface area contributed by atoms with Gasteiger partial charge in [0.25, 0.3) is 0 Å². The molecule has 3 rings (SSSR count). The van der Waals surface area contributed by atoms with E-state index in [1.165, 1.54) is 0 Å². The molecule has 2 aliphatic heterocycles. The normalized spacial score (nSPS) is 20.4. The van der Waals surface area contributed by atoms with Crippen LogP contribution in [0.15, 0.2) is 22.8 Å². The Kier molecular flexibility index (Phi) is 5.04. The summed E-state index contributed by atoms with van der Waals surface area (Å²) < 4.78 is 10.8. The van der Waals surface area contributed by atoms with Crippen molar-refractivity contribution in [1.82, 2.24) is 9.80 Å². The number of thioether (sulfide) groups is 1. The molecule has 0 unspecified atom stereocenters. The number of furan rings is 1. The number of hydrogen-bond acceptors (Lipinski definition) is 5. The van der Waals surface area contributed by atoms with E-state index in [4.69, 9.17) is 9.15 Å². The molecule has 138 valence electrons. The van der Waals surface area contributed by atoms with Gasteiger partial charge in [0.15, 0.2) is 0 Å². The number of ether oxygens (including phenoxy) is 1. The van der Waals surface area contributed by atoms with E-state index in [9.17, 15) is 9.59 Å². The van der Waals surface area contributed by atoms with Gasteiger partial charge in [0.2, 0.25) is 5.91 Å². The molecule has 0 saturated carbocycles. The monoisotopic (exact) mass is 366 g/mol. The summed E-state index contributed by atoms with van der Waals surface area (Å²) in [6.07, 6.45) is 3.67. The molecular formula is C18H26N2O4S. The summed E-state index contributed by atoms with van der Waals surface area (Å²) in [5.41, 5.74) is -0.487. The highest BCUT2D eigenvalue weighted by atomic mass is 32.2. The summed E-state index contributed by atoms with van der Waals surface area (Å²) in [5.74, 6) is 1.60. The second-order valence-corrected chi connectivity index (χ2v) is 8.91. The molecule has 0 bridgehead atoms. The fourth-order valence-electron chi connectivity index (χ4n) is 3.36. The van der Waals surface area contributed by atoms with Gasteiger partial charge in [0.1, 0.15) is 11.4 Å². The highest BCUT2D eigenvalue weighted by Gasteiger charge is 2.48. The maximum Gasteiger partial charge on any atom is 0.410 e. The first kappa shape index (κ1) is 18.2. The summed E-state index contributed by atoms with van der Waals surface area (Å²) in [6.45, 7) is 7.51. The Hall–Kier alpha value is -1.63. The van der Waals surface area contributed by atoms with E-state index in [0.29, 0.717) is 25.4 Å². The Balaban J connectivity index is 1.60. The van der Waals surface area contributed by atoms with E-state index in [-0.39, 0.29) is 16.9 Å². The smallest absolute Gasteiger partial charge is 0.410 e. The van der Waals surface area contributed by atoms with Gasteiger partial charge in [-0.15, -0.1) is 11.8 Å². The van der Waals surface area contributed by atoms with Crippen LogP contribution < -0.4 is 0 Å². The Labute approximate surface area is 152 Å². The molecule has 2 saturated heterocycles. The van der Waals surface area contributed by atoms with Gasteiger partial charge in [-0.3, -0.25) is 4.79 Å². The lowest BCUT2D eigenvalue weighted by Gasteiger charge is -2.44. The quantitative estimate of drug-likeness (QED) is 0.822. The van der Waals surface area contributed by atoms with E-state index in [1.807, 2.05) is 37.8 Å². The van der Waals surface area contributed by atoms with Gasteiger partial charge in [-0.25, -0.2) is 4.79 Å². The molecule has 25 heavy (non-hydrogen) atoms. The van der Waals surface area contributed by atoms with Gasteiger partial charge in [-0.1, -0.05) is 0 Å². The number of amides is 2. The Bertz CT molecular complexity index is 616. The fraction of sp³-hybridized carbons (Fsp3) is 0.667. The van der Waals surface area contributed by atoms with Crippen molar-refractivity contribution in [1.29, 1.82) is 0 Å². The van der Waals surface area contributed by atoms with Crippen LogP contribution in [0.4, 0.5) is 4.79 Å². The van der Waals surface area contributed by atoms with Crippen molar-refractivity contribution in [2.75, 3.05) is 25.4 Å². The number of piperidine rings is 1. The minimum absolute atomic E-state index is 0.183. The molecular weight excluding hydrogens is 340 g/mol. The highest BCUT2D eigenvalue weighted by molar-refractivity contribution is 8.01. The predicted octanol–water partition coefficient (Wildman–Crippen LogP) is 3.12. The van der Waals surface area contributed by atoms with E-state index < -0.39 is 5.60 Å². The number of carbonyl (C=O) groups is 2. The van der Waals surface area contributed by atoms with Crippen LogP contribution in [0.1, 0.15) is 39.4 Å². The SMILES string of the molecule is CC(C)(C)OC(=O)N1CCC2(CC1)SCC(=O)N2CCc1ccco1. The molecule has 1 spiro atoms. The number of likely N-dealkylation sites (tertiary alicyclic amines) is 1. The van der Waals surface area contributed by atoms with Crippen LogP contribution in [-0.2, 0) is 16.0 Å². The first-order valence-corrected chi connectivity index (χ1v) is 9.72. The lowest BCUT2D eigenvalue weighted by atomic mass is 10.0. The molecule has 0 N–H and O–H groups in total. The van der Waals surface area contributed by atoms with Crippen molar-refractivity contribution in [3.05, 3.63) is 24.2 Å². The van der Waals surface area contributed by atoms with Crippen molar-refractivity contribution in [2.45, 2.75) is 50.5 Å². The summed E-state index contributed by atoms with van der Waals surface area (Å²) in [7, 11) is 0. The Morgan fingerprint density at radius 2 is 2.08 bits per heavy atom. The topological polar surface area (TPSA) is 63.0 Å². The fourth-order valence-corrected chi connectivity index (χ4v) is 4.73. The Morgan fingerprint density at radius 1 is 1.36 bits per heavy atom. The van der Waals surface area contributed by atoms with Crippen molar-refractivity contribution >= 4 is 23.8 Å². The molecule has 7 heteroatoms. The second kappa shape index (κ2) is 6.94. The average Bonchev–Trinajstić information content (AvgIpc) is 3.14. The van der Waals surface area contributed by atoms with E-state index in [0.717, 1.165) is 25.0 Å². The van der Waals surface area contributed by atoms with Crippen LogP contribution in [0.25, 0.3) is 0 Å². The van der Waals surface area contributed by atoms with Crippen LogP contribution in [0, 0.1) is 0 Å². The van der Waals surface area contributed by atoms with Gasteiger partial charge in [-0.2, -0.15) is 0 Å². The third-order valence-corrected chi connectivity index (χ3v) is 6.17. The maximum atomic E-state index is 12.4. The molecule has 6 nitrogen and oxygen atoms in total. The first-order valence-electron chi connectivity index (χ1n) is 8.74. The maximum absolute atomic E-state index is 12.4. The third-order valence-electron chi connectivity index (χ3n) is 4.62. The molecule has 0 aromatic carbocycles. The van der Waals surface area contributed by atoms with Crippen LogP contribution in [0.3, 0.4) is 0 Å². The van der Waals surface area contributed by atoms with Gasteiger partial charge in [-0.05, 0) is 45.7 Å². The van der Waals surface area contributed by atoms with Gasteiger partial charge < -0.3 is 19.0 Å². The van der Waals surface area contributed by atoms with E-state index in [2.05, 4.69) is 0 Å². The van der Waals surface area contributed by atoms with Crippen LogP contribution in [0.5, 0.6) is 0 Å². The van der Waals surface area contributed by atoms with Gasteiger partial charge in [0.05, 0.1) is 16.9 Å². The zero-order valence-corrected chi connectivity index (χ0v) is 15.9. The van der Waals surface area contributed by atoms with Crippen LogP contribution in [0.2, 0.25) is 0 Å². The lowest BCUT2D eigenvalue weighted by Crippen LogP contribution is -2.53. The predicted molar refractivity (Wildman–Crippen MR) is 96.4 cm³/mol. The molecule has 3 heterocycles. The summed E-state index contributed by atoms with van der Waals surface area (Å²) in [6, 6.07) is 3.80. The molecule has 1 aromatic rings. The average molecular weight is 366 g/mol. The molecule has 0 atom stereocenters. The summed E-state index contributed by atoms with van der Waals surface area (Å²) in [5, 5.41) is 0. The Morgan fingerprint density at radius 3 is 2.68 bits per heavy atom. The van der Waals surface area contributed by atoms with Crippen molar-refractivity contribution in [3.8, 4) is 0 Å². The van der Waals surface area contributed by atoms with Crippen molar-refractivity contribution in [3.63, 3.8) is 0 Å². The minimum atomic E-state index is -0.487. The molecule has 0 radical (unpaired) electrons. The second-order valence-electron chi connectivity index (χ2n) is 7.58. The van der Waals surface area contributed by atoms with Crippen LogP contribution >= 0.6 is 11.8 Å². The third kappa shape index (κ3) is 4.14. The molecule has 2 fully saturated rings.